The molecule has 104 valence electrons. The molecular weight excluding hydrogens is 334 g/mol. The van der Waals surface area contributed by atoms with Gasteiger partial charge in [0.2, 0.25) is 0 Å². The van der Waals surface area contributed by atoms with Crippen molar-refractivity contribution in [2.45, 2.75) is 24.0 Å². The molecule has 0 radical (unpaired) electrons. The van der Waals surface area contributed by atoms with E-state index in [0.717, 1.165) is 15.1 Å². The molecule has 0 fully saturated rings. The first-order chi connectivity index (χ1) is 9.54. The third kappa shape index (κ3) is 4.39. The highest BCUT2D eigenvalue weighted by atomic mass is 79.9. The number of hydrogen-bond donors (Lipinski definition) is 1. The Morgan fingerprint density at radius 1 is 1.15 bits per heavy atom. The smallest absolute Gasteiger partial charge is 0.255 e. The van der Waals surface area contributed by atoms with Gasteiger partial charge in [-0.05, 0) is 42.5 Å². The highest BCUT2D eigenvalue weighted by Crippen LogP contribution is 2.24. The lowest BCUT2D eigenvalue weighted by atomic mass is 10.2. The van der Waals surface area contributed by atoms with Crippen LogP contribution >= 0.6 is 27.7 Å². The third-order valence-corrected chi connectivity index (χ3v) is 4.10. The van der Waals surface area contributed by atoms with Crippen molar-refractivity contribution < 1.29 is 4.79 Å². The summed E-state index contributed by atoms with van der Waals surface area (Å²) >= 11 is 5.13. The Morgan fingerprint density at radius 3 is 2.50 bits per heavy atom. The first-order valence-corrected chi connectivity index (χ1v) is 8.05. The van der Waals surface area contributed by atoms with Crippen molar-refractivity contribution in [1.29, 1.82) is 0 Å². The van der Waals surface area contributed by atoms with Crippen LogP contribution in [0.25, 0.3) is 0 Å². The zero-order chi connectivity index (χ0) is 14.5. The Bertz CT molecular complexity index is 596. The summed E-state index contributed by atoms with van der Waals surface area (Å²) in [6.07, 6.45) is 0. The lowest BCUT2D eigenvalue weighted by Gasteiger charge is -2.08. The largest absolute Gasteiger partial charge is 0.322 e. The fourth-order valence-corrected chi connectivity index (χ4v) is 2.88. The van der Waals surface area contributed by atoms with Gasteiger partial charge in [-0.3, -0.25) is 4.79 Å². The molecule has 0 saturated heterocycles. The van der Waals surface area contributed by atoms with E-state index in [-0.39, 0.29) is 5.91 Å². The zero-order valence-electron chi connectivity index (χ0n) is 11.4. The second-order valence-electron chi connectivity index (χ2n) is 4.66. The lowest BCUT2D eigenvalue weighted by molar-refractivity contribution is 0.102. The zero-order valence-corrected chi connectivity index (χ0v) is 13.8. The molecule has 1 amide bonds. The van der Waals surface area contributed by atoms with Crippen LogP contribution in [0.4, 0.5) is 5.69 Å². The van der Waals surface area contributed by atoms with E-state index in [1.807, 2.05) is 48.5 Å². The number of anilines is 1. The minimum Gasteiger partial charge on any atom is -0.322 e. The van der Waals surface area contributed by atoms with Gasteiger partial charge in [0.05, 0.1) is 0 Å². The van der Waals surface area contributed by atoms with Gasteiger partial charge in [-0.15, -0.1) is 11.8 Å². The van der Waals surface area contributed by atoms with Gasteiger partial charge < -0.3 is 5.32 Å². The average Bonchev–Trinajstić information content (AvgIpc) is 2.41. The molecule has 2 aromatic carbocycles. The van der Waals surface area contributed by atoms with Crippen molar-refractivity contribution in [1.82, 2.24) is 0 Å². The monoisotopic (exact) mass is 349 g/mol. The highest BCUT2D eigenvalue weighted by Gasteiger charge is 2.07. The van der Waals surface area contributed by atoms with E-state index >= 15 is 0 Å². The van der Waals surface area contributed by atoms with Crippen molar-refractivity contribution in [3.63, 3.8) is 0 Å². The molecule has 0 spiro atoms. The Kier molecular flexibility index (Phi) is 5.26. The summed E-state index contributed by atoms with van der Waals surface area (Å²) in [5.74, 6) is -0.0847. The minimum atomic E-state index is -0.0847. The first kappa shape index (κ1) is 15.1. The van der Waals surface area contributed by atoms with Crippen LogP contribution < -0.4 is 5.32 Å². The number of carbonyl (C=O) groups excluding carboxylic acids is 1. The van der Waals surface area contributed by atoms with Crippen LogP contribution in [-0.2, 0) is 0 Å². The van der Waals surface area contributed by atoms with Crippen LogP contribution in [0.5, 0.6) is 0 Å². The maximum Gasteiger partial charge on any atom is 0.255 e. The van der Waals surface area contributed by atoms with Crippen molar-refractivity contribution >= 4 is 39.3 Å². The van der Waals surface area contributed by atoms with Crippen molar-refractivity contribution in [3.05, 3.63) is 58.6 Å². The molecule has 20 heavy (non-hydrogen) atoms. The van der Waals surface area contributed by atoms with Crippen molar-refractivity contribution in [2.24, 2.45) is 0 Å². The SMILES string of the molecule is CC(C)Sc1cccc(C(=O)Nc2ccc(Br)cc2)c1. The van der Waals surface area contributed by atoms with Gasteiger partial charge in [0.1, 0.15) is 0 Å². The van der Waals surface area contributed by atoms with Crippen LogP contribution in [0.2, 0.25) is 0 Å². The Morgan fingerprint density at radius 2 is 1.85 bits per heavy atom. The van der Waals surface area contributed by atoms with Gasteiger partial charge in [-0.1, -0.05) is 35.8 Å². The van der Waals surface area contributed by atoms with Crippen molar-refractivity contribution in [2.75, 3.05) is 5.32 Å². The van der Waals surface area contributed by atoms with Gasteiger partial charge in [-0.25, -0.2) is 0 Å². The van der Waals surface area contributed by atoms with Crippen LogP contribution in [0.15, 0.2) is 57.9 Å². The number of rotatable bonds is 4. The molecule has 0 bridgehead atoms. The quantitative estimate of drug-likeness (QED) is 0.768. The fourth-order valence-electron chi connectivity index (χ4n) is 1.72. The molecule has 0 aliphatic rings. The lowest BCUT2D eigenvalue weighted by Crippen LogP contribution is -2.11. The molecule has 0 saturated carbocycles. The highest BCUT2D eigenvalue weighted by molar-refractivity contribution is 9.10. The summed E-state index contributed by atoms with van der Waals surface area (Å²) in [7, 11) is 0. The molecule has 4 heteroatoms. The van der Waals surface area contributed by atoms with Crippen LogP contribution in [-0.4, -0.2) is 11.2 Å². The summed E-state index contributed by atoms with van der Waals surface area (Å²) in [5, 5.41) is 3.40. The second-order valence-corrected chi connectivity index (χ2v) is 7.22. The van der Waals surface area contributed by atoms with Crippen molar-refractivity contribution in [3.8, 4) is 0 Å². The fraction of sp³-hybridized carbons (Fsp3) is 0.188. The number of hydrogen-bond acceptors (Lipinski definition) is 2. The number of amides is 1. The first-order valence-electron chi connectivity index (χ1n) is 6.38. The summed E-state index contributed by atoms with van der Waals surface area (Å²) in [5.41, 5.74) is 1.47. The van der Waals surface area contributed by atoms with Gasteiger partial charge in [-0.2, -0.15) is 0 Å². The predicted molar refractivity (Wildman–Crippen MR) is 89.5 cm³/mol. The standard InChI is InChI=1S/C16H16BrNOS/c1-11(2)20-15-5-3-4-12(10-15)16(19)18-14-8-6-13(17)7-9-14/h3-11H,1-2H3,(H,18,19). The minimum absolute atomic E-state index is 0.0847. The van der Waals surface area contributed by atoms with Gasteiger partial charge in [0.15, 0.2) is 0 Å². The molecular formula is C16H16BrNOS. The van der Waals surface area contributed by atoms with Crippen LogP contribution in [0.3, 0.4) is 0 Å². The maximum absolute atomic E-state index is 12.2. The molecule has 0 aromatic heterocycles. The Hall–Kier alpha value is -1.26. The van der Waals surface area contributed by atoms with E-state index in [2.05, 4.69) is 35.1 Å². The second kappa shape index (κ2) is 6.95. The van der Waals surface area contributed by atoms with Gasteiger partial charge in [0.25, 0.3) is 5.91 Å². The molecule has 2 nitrogen and oxygen atoms in total. The number of thioether (sulfide) groups is 1. The van der Waals surface area contributed by atoms with E-state index < -0.39 is 0 Å². The maximum atomic E-state index is 12.2. The van der Waals surface area contributed by atoms with Crippen LogP contribution in [0, 0.1) is 0 Å². The Labute approximate surface area is 132 Å². The molecule has 1 N–H and O–H groups in total. The summed E-state index contributed by atoms with van der Waals surface area (Å²) < 4.78 is 0.992. The Balaban J connectivity index is 2.10. The van der Waals surface area contributed by atoms with Gasteiger partial charge >= 0.3 is 0 Å². The molecule has 0 aliphatic carbocycles. The number of halogens is 1. The van der Waals surface area contributed by atoms with E-state index in [1.54, 1.807) is 11.8 Å². The normalized spacial score (nSPS) is 10.6. The number of carbonyl (C=O) groups is 1. The van der Waals surface area contributed by atoms with Crippen LogP contribution in [0.1, 0.15) is 24.2 Å². The van der Waals surface area contributed by atoms with E-state index in [4.69, 9.17) is 0 Å². The molecule has 0 heterocycles. The van der Waals surface area contributed by atoms with E-state index in [1.165, 1.54) is 0 Å². The molecule has 0 unspecified atom stereocenters. The average molecular weight is 350 g/mol. The molecule has 0 aliphatic heterocycles. The van der Waals surface area contributed by atoms with E-state index in [0.29, 0.717) is 10.8 Å². The third-order valence-electron chi connectivity index (χ3n) is 2.57. The van der Waals surface area contributed by atoms with E-state index in [9.17, 15) is 4.79 Å². The van der Waals surface area contributed by atoms with Gasteiger partial charge in [0, 0.05) is 25.9 Å². The molecule has 0 atom stereocenters. The summed E-state index contributed by atoms with van der Waals surface area (Å²) in [6, 6.07) is 15.3. The predicted octanol–water partition coefficient (Wildman–Crippen LogP) is 5.20. The summed E-state index contributed by atoms with van der Waals surface area (Å²) in [6.45, 7) is 4.28. The molecule has 2 aromatic rings. The topological polar surface area (TPSA) is 29.1 Å². The number of nitrogens with one attached hydrogen (secondary N) is 1. The summed E-state index contributed by atoms with van der Waals surface area (Å²) in [4.78, 5) is 13.3. The number of benzene rings is 2. The molecule has 2 rings (SSSR count).